The van der Waals surface area contributed by atoms with Crippen molar-refractivity contribution in [3.05, 3.63) is 0 Å². The molecule has 0 aromatic rings. The molecule has 0 fully saturated rings. The van der Waals surface area contributed by atoms with Gasteiger partial charge in [0.2, 0.25) is 41.7 Å². The molecule has 0 aliphatic carbocycles. The second-order valence-corrected chi connectivity index (χ2v) is 15.4. The van der Waals surface area contributed by atoms with Gasteiger partial charge >= 0.3 is 0 Å². The van der Waals surface area contributed by atoms with E-state index < -0.39 is 98.1 Å². The Bertz CT molecular complexity index is 1410. The first-order valence-corrected chi connectivity index (χ1v) is 22.0. The topological polar surface area (TPSA) is 368 Å². The van der Waals surface area contributed by atoms with Crippen LogP contribution < -0.4 is 31.9 Å². The van der Waals surface area contributed by atoms with E-state index in [2.05, 4.69) is 31.9 Å². The maximum absolute atomic E-state index is 13.2. The lowest BCUT2D eigenvalue weighted by Gasteiger charge is -2.30. The van der Waals surface area contributed by atoms with E-state index in [0.717, 1.165) is 6.92 Å². The molecule has 0 saturated heterocycles. The maximum Gasteiger partial charge on any atom is 0.242 e. The number of methoxy groups -OCH3 is 1. The number of aliphatic hydroxyl groups is 6. The van der Waals surface area contributed by atoms with E-state index in [-0.39, 0.29) is 109 Å². The lowest BCUT2D eigenvalue weighted by atomic mass is 10.0. The Labute approximate surface area is 385 Å². The number of Topliss-reactive ketones (excluding diaryl/α,β-unsaturated/α-hetero) is 1. The first-order valence-electron chi connectivity index (χ1n) is 22.0. The molecule has 0 rings (SSSR count). The van der Waals surface area contributed by atoms with Crippen LogP contribution in [-0.4, -0.2) is 207 Å². The van der Waals surface area contributed by atoms with Crippen molar-refractivity contribution in [2.75, 3.05) is 79.6 Å². The van der Waals surface area contributed by atoms with Crippen LogP contribution in [0.25, 0.3) is 0 Å². The van der Waals surface area contributed by atoms with Crippen molar-refractivity contribution < 1.29 is 92.6 Å². The van der Waals surface area contributed by atoms with Crippen molar-refractivity contribution in [1.29, 1.82) is 0 Å². The Morgan fingerprint density at radius 2 is 1.14 bits per heavy atom. The first kappa shape index (κ1) is 62.0. The fraction of sp³-hybridized carbons (Fsp3) is 0.829. The second-order valence-electron chi connectivity index (χ2n) is 15.4. The van der Waals surface area contributed by atoms with Crippen LogP contribution in [0.5, 0.6) is 0 Å². The molecule has 0 aromatic heterocycles. The summed E-state index contributed by atoms with van der Waals surface area (Å²) in [5.41, 5.74) is 0. The molecule has 0 bridgehead atoms. The summed E-state index contributed by atoms with van der Waals surface area (Å²) in [4.78, 5) is 85.7. The summed E-state index contributed by atoms with van der Waals surface area (Å²) in [7, 11) is 1.22. The zero-order chi connectivity index (χ0) is 50.0. The summed E-state index contributed by atoms with van der Waals surface area (Å²) in [6.07, 6.45) is -10.3. The predicted octanol–water partition coefficient (Wildman–Crippen LogP) is -4.43. The van der Waals surface area contributed by atoms with Crippen LogP contribution in [0.1, 0.15) is 79.6 Å². The van der Waals surface area contributed by atoms with Crippen LogP contribution in [0.3, 0.4) is 0 Å². The molecular weight excluding hydrogens is 880 g/mol. The van der Waals surface area contributed by atoms with Gasteiger partial charge < -0.3 is 91.0 Å². The Morgan fingerprint density at radius 3 is 1.70 bits per heavy atom. The van der Waals surface area contributed by atoms with Crippen molar-refractivity contribution in [3.63, 3.8) is 0 Å². The van der Waals surface area contributed by atoms with Gasteiger partial charge in [0.25, 0.3) is 0 Å². The maximum atomic E-state index is 13.2. The van der Waals surface area contributed by atoms with E-state index in [1.54, 1.807) is 13.8 Å². The molecule has 0 heterocycles. The number of rotatable bonds is 40. The Kier molecular flexibility index (Phi) is 34.8. The molecule has 12 N–H and O–H groups in total. The van der Waals surface area contributed by atoms with Crippen molar-refractivity contribution in [3.8, 4) is 0 Å². The summed E-state index contributed by atoms with van der Waals surface area (Å²) < 4.78 is 32.1. The minimum atomic E-state index is -1.67. The number of hydrogen-bond acceptors (Lipinski definition) is 19. The molecule has 0 spiro atoms. The van der Waals surface area contributed by atoms with Gasteiger partial charge in [0.1, 0.15) is 36.2 Å². The van der Waals surface area contributed by atoms with Gasteiger partial charge in [0.15, 0.2) is 12.5 Å². The molecule has 9 unspecified atom stereocenters. The zero-order valence-electron chi connectivity index (χ0n) is 39.0. The Hall–Kier alpha value is -3.99. The molecule has 0 aliphatic rings. The number of amides is 6. The predicted molar refractivity (Wildman–Crippen MR) is 231 cm³/mol. The molecular formula is C41H76N6O19. The van der Waals surface area contributed by atoms with Gasteiger partial charge in [-0.1, -0.05) is 13.8 Å². The second kappa shape index (κ2) is 37.0. The van der Waals surface area contributed by atoms with Gasteiger partial charge in [-0.15, -0.1) is 0 Å². The number of carbonyl (C=O) groups excluding carboxylic acids is 7. The van der Waals surface area contributed by atoms with Crippen LogP contribution in [0.4, 0.5) is 0 Å². The summed E-state index contributed by atoms with van der Waals surface area (Å²) >= 11 is 0. The highest BCUT2D eigenvalue weighted by atomic mass is 16.7. The third kappa shape index (κ3) is 29.6. The van der Waals surface area contributed by atoms with E-state index in [0.29, 0.717) is 12.8 Å². The number of aliphatic hydroxyl groups excluding tert-OH is 6. The van der Waals surface area contributed by atoms with E-state index in [9.17, 15) is 64.2 Å². The Morgan fingerprint density at radius 1 is 0.576 bits per heavy atom. The fourth-order valence-electron chi connectivity index (χ4n) is 5.58. The molecule has 0 aromatic carbocycles. The fourth-order valence-corrected chi connectivity index (χ4v) is 5.58. The van der Waals surface area contributed by atoms with E-state index in [1.807, 2.05) is 0 Å². The molecule has 9 atom stereocenters. The summed E-state index contributed by atoms with van der Waals surface area (Å²) in [6.45, 7) is 5.84. The number of ether oxygens (including phenoxy) is 6. The van der Waals surface area contributed by atoms with Crippen LogP contribution >= 0.6 is 0 Å². The average Bonchev–Trinajstić information content (AvgIpc) is 3.25. The van der Waals surface area contributed by atoms with Crippen LogP contribution in [-0.2, 0) is 62.0 Å². The highest BCUT2D eigenvalue weighted by molar-refractivity contribution is 5.88. The molecule has 6 amide bonds. The van der Waals surface area contributed by atoms with Gasteiger partial charge in [-0.25, -0.2) is 0 Å². The first-order chi connectivity index (χ1) is 31.3. The number of hydrogen-bond donors (Lipinski definition) is 12. The van der Waals surface area contributed by atoms with Gasteiger partial charge in [-0.3, -0.25) is 33.6 Å². The highest BCUT2D eigenvalue weighted by Crippen LogP contribution is 2.11. The van der Waals surface area contributed by atoms with Crippen molar-refractivity contribution in [2.45, 2.75) is 135 Å². The summed E-state index contributed by atoms with van der Waals surface area (Å²) in [5.74, 6) is -3.04. The smallest absolute Gasteiger partial charge is 0.242 e. The SMILES string of the molecule is COC(CO)C(O)C(O)C(NC(C)=O)OCCOCCNC(=O)C(CCC(=O)NCCOCCOC(OC(CO)C(C)O)C(O)NC(C)=O)NC(=O)CCCNC(=O)CCCC(=O)C(C)C. The number of carbonyl (C=O) groups is 7. The number of ketones is 1. The molecule has 0 saturated carbocycles. The third-order valence-corrected chi connectivity index (χ3v) is 9.34. The van der Waals surface area contributed by atoms with Crippen molar-refractivity contribution in [1.82, 2.24) is 31.9 Å². The third-order valence-electron chi connectivity index (χ3n) is 9.34. The average molecular weight is 957 g/mol. The van der Waals surface area contributed by atoms with Crippen molar-refractivity contribution in [2.24, 2.45) is 5.92 Å². The minimum Gasteiger partial charge on any atom is -0.394 e. The van der Waals surface area contributed by atoms with E-state index >= 15 is 0 Å². The van der Waals surface area contributed by atoms with Crippen LogP contribution in [0.15, 0.2) is 0 Å². The molecule has 25 nitrogen and oxygen atoms in total. The van der Waals surface area contributed by atoms with Crippen molar-refractivity contribution >= 4 is 41.2 Å². The zero-order valence-corrected chi connectivity index (χ0v) is 39.0. The normalized spacial score (nSPS) is 15.5. The largest absolute Gasteiger partial charge is 0.394 e. The molecule has 0 radical (unpaired) electrons. The minimum absolute atomic E-state index is 0.0224. The van der Waals surface area contributed by atoms with Gasteiger partial charge in [0.05, 0.1) is 59.0 Å². The van der Waals surface area contributed by atoms with E-state index in [1.165, 1.54) is 21.0 Å². The molecule has 0 aliphatic heterocycles. The van der Waals surface area contributed by atoms with Gasteiger partial charge in [-0.05, 0) is 26.2 Å². The molecule has 384 valence electrons. The Balaban J connectivity index is 5.14. The van der Waals surface area contributed by atoms with Crippen LogP contribution in [0, 0.1) is 5.92 Å². The highest BCUT2D eigenvalue weighted by Gasteiger charge is 2.33. The van der Waals surface area contributed by atoms with Crippen LogP contribution in [0.2, 0.25) is 0 Å². The lowest BCUT2D eigenvalue weighted by molar-refractivity contribution is -0.243. The van der Waals surface area contributed by atoms with Gasteiger partial charge in [0, 0.05) is 72.2 Å². The quantitative estimate of drug-likeness (QED) is 0.0204. The molecule has 66 heavy (non-hydrogen) atoms. The summed E-state index contributed by atoms with van der Waals surface area (Å²) in [5, 5.41) is 74.6. The standard InChI is InChI=1S/C41H76N6O19/c1-25(2)30(53)9-7-10-33(54)42-14-8-11-35(56)47-29(38(59)44-16-18-63-19-21-64-40(46-28(5)52)37(58)36(57)32(24-49)61-6)12-13-34(55)43-15-17-62-20-22-65-41(39(60)45-27(4)51)66-31(23-48)26(3)50/h25-26,29,31-32,36-37,39-41,48-50,57-58,60H,7-24H2,1-6H3,(H,42,54)(H,43,55)(H,44,59)(H,45,51)(H,46,52)(H,47,56). The number of nitrogens with one attached hydrogen (secondary N) is 6. The van der Waals surface area contributed by atoms with Gasteiger partial charge in [-0.2, -0.15) is 0 Å². The molecule has 25 heteroatoms. The lowest BCUT2D eigenvalue weighted by Crippen LogP contribution is -2.54. The monoisotopic (exact) mass is 957 g/mol. The summed E-state index contributed by atoms with van der Waals surface area (Å²) in [6, 6.07) is -1.14. The van der Waals surface area contributed by atoms with E-state index in [4.69, 9.17) is 28.4 Å².